The van der Waals surface area contributed by atoms with Crippen LogP contribution in [0.5, 0.6) is 11.5 Å². The van der Waals surface area contributed by atoms with E-state index in [0.29, 0.717) is 11.3 Å². The maximum Gasteiger partial charge on any atom is 0.241 e. The number of carbonyl (C=O) groups excluding carboxylic acids is 2. The molecule has 3 heterocycles. The number of amides is 2. The van der Waals surface area contributed by atoms with Crippen LogP contribution in [0.1, 0.15) is 17.0 Å². The predicted octanol–water partition coefficient (Wildman–Crippen LogP) is 6.07. The van der Waals surface area contributed by atoms with E-state index in [-0.39, 0.29) is 17.0 Å². The number of carbonyl (C=O) groups is 2. The van der Waals surface area contributed by atoms with Crippen LogP contribution in [0, 0.1) is 11.6 Å². The van der Waals surface area contributed by atoms with Crippen LogP contribution in [0.2, 0.25) is 0 Å². The fourth-order valence-electron chi connectivity index (χ4n) is 5.09. The van der Waals surface area contributed by atoms with Gasteiger partial charge in [-0.05, 0) is 53.1 Å². The minimum absolute atomic E-state index is 0.00596. The second kappa shape index (κ2) is 12.9. The minimum Gasteiger partial charge on any atom is -0.453 e. The molecule has 3 N–H and O–H groups in total. The van der Waals surface area contributed by atoms with Gasteiger partial charge in [-0.15, -0.1) is 11.3 Å². The zero-order valence-electron chi connectivity index (χ0n) is 23.5. The molecule has 0 radical (unpaired) electrons. The summed E-state index contributed by atoms with van der Waals surface area (Å²) in [7, 11) is 0. The average molecular weight is 615 g/mol. The first-order chi connectivity index (χ1) is 21.4. The number of fused-ring (bicyclic) bond motifs is 1. The summed E-state index contributed by atoms with van der Waals surface area (Å²) >= 11 is 1.49. The van der Waals surface area contributed by atoms with Gasteiger partial charge < -0.3 is 20.5 Å². The molecule has 0 spiro atoms. The molecule has 2 aromatic heterocycles. The molecule has 1 aliphatic rings. The van der Waals surface area contributed by atoms with Crippen molar-refractivity contribution in [1.82, 2.24) is 9.88 Å². The van der Waals surface area contributed by atoms with Crippen LogP contribution in [0.3, 0.4) is 0 Å². The Balaban J connectivity index is 1.22. The summed E-state index contributed by atoms with van der Waals surface area (Å²) in [6.07, 6.45) is 1.59. The molecular formula is C33H28F2N4O4S. The number of aromatic nitrogens is 1. The average Bonchev–Trinajstić information content (AvgIpc) is 3.46. The Hall–Kier alpha value is -4.71. The molecule has 0 aliphatic carbocycles. The highest BCUT2D eigenvalue weighted by molar-refractivity contribution is 7.22. The maximum atomic E-state index is 15.3. The molecule has 1 atom stereocenters. The lowest BCUT2D eigenvalue weighted by molar-refractivity contribution is -0.127. The van der Waals surface area contributed by atoms with E-state index in [9.17, 15) is 14.0 Å². The summed E-state index contributed by atoms with van der Waals surface area (Å²) in [6.45, 7) is 4.12. The Morgan fingerprint density at radius 1 is 0.977 bits per heavy atom. The first kappa shape index (κ1) is 29.4. The van der Waals surface area contributed by atoms with Crippen LogP contribution < -0.4 is 15.8 Å². The molecule has 1 fully saturated rings. The van der Waals surface area contributed by atoms with Gasteiger partial charge in [0.1, 0.15) is 17.5 Å². The number of pyridine rings is 1. The van der Waals surface area contributed by atoms with Gasteiger partial charge in [0.05, 0.1) is 29.1 Å². The molecule has 1 aliphatic heterocycles. The van der Waals surface area contributed by atoms with Gasteiger partial charge in [-0.25, -0.2) is 8.78 Å². The van der Waals surface area contributed by atoms with Gasteiger partial charge >= 0.3 is 0 Å². The van der Waals surface area contributed by atoms with E-state index in [1.807, 2.05) is 18.2 Å². The summed E-state index contributed by atoms with van der Waals surface area (Å²) < 4.78 is 41.5. The summed E-state index contributed by atoms with van der Waals surface area (Å²) in [6, 6.07) is 21.2. The number of ether oxygens (including phenoxy) is 2. The lowest BCUT2D eigenvalue weighted by Gasteiger charge is -2.26. The first-order valence-corrected chi connectivity index (χ1v) is 14.8. The van der Waals surface area contributed by atoms with E-state index in [4.69, 9.17) is 15.2 Å². The second-order valence-corrected chi connectivity index (χ2v) is 11.4. The van der Waals surface area contributed by atoms with Gasteiger partial charge in [-0.1, -0.05) is 36.4 Å². The van der Waals surface area contributed by atoms with Crippen molar-refractivity contribution in [3.05, 3.63) is 108 Å². The van der Waals surface area contributed by atoms with E-state index < -0.39 is 29.4 Å². The van der Waals surface area contributed by atoms with Crippen molar-refractivity contribution in [3.63, 3.8) is 0 Å². The van der Waals surface area contributed by atoms with E-state index in [1.54, 1.807) is 12.3 Å². The van der Waals surface area contributed by atoms with Gasteiger partial charge in [0.25, 0.3) is 0 Å². The van der Waals surface area contributed by atoms with Crippen molar-refractivity contribution in [1.29, 1.82) is 0 Å². The molecule has 5 aromatic rings. The van der Waals surface area contributed by atoms with Crippen molar-refractivity contribution >= 4 is 39.1 Å². The number of para-hydroxylation sites is 1. The number of hydrogen-bond donors (Lipinski definition) is 2. The Bertz CT molecular complexity index is 1840. The lowest BCUT2D eigenvalue weighted by Crippen LogP contribution is -2.35. The second-order valence-electron chi connectivity index (χ2n) is 10.3. The zero-order valence-corrected chi connectivity index (χ0v) is 24.3. The normalized spacial score (nSPS) is 14.3. The number of rotatable bonds is 9. The molecule has 0 bridgehead atoms. The largest absolute Gasteiger partial charge is 0.453 e. The molecule has 2 amide bonds. The van der Waals surface area contributed by atoms with Crippen molar-refractivity contribution in [2.75, 3.05) is 31.6 Å². The van der Waals surface area contributed by atoms with Crippen LogP contribution in [-0.2, 0) is 20.9 Å². The monoisotopic (exact) mass is 614 g/mol. The molecule has 1 saturated heterocycles. The van der Waals surface area contributed by atoms with Gasteiger partial charge in [-0.3, -0.25) is 19.5 Å². The third-order valence-electron chi connectivity index (χ3n) is 7.28. The maximum absolute atomic E-state index is 15.3. The van der Waals surface area contributed by atoms with Crippen molar-refractivity contribution < 1.29 is 27.8 Å². The molecule has 44 heavy (non-hydrogen) atoms. The molecule has 1 unspecified atom stereocenters. The third kappa shape index (κ3) is 6.45. The Morgan fingerprint density at radius 3 is 2.57 bits per heavy atom. The minimum atomic E-state index is -1.55. The highest BCUT2D eigenvalue weighted by Gasteiger charge is 2.28. The van der Waals surface area contributed by atoms with Gasteiger partial charge in [0.15, 0.2) is 11.6 Å². The number of morpholine rings is 1. The van der Waals surface area contributed by atoms with Gasteiger partial charge in [0, 0.05) is 36.8 Å². The fourth-order valence-corrected chi connectivity index (χ4v) is 6.15. The van der Waals surface area contributed by atoms with E-state index >= 15 is 4.39 Å². The molecule has 11 heteroatoms. The van der Waals surface area contributed by atoms with Crippen LogP contribution in [0.4, 0.5) is 14.5 Å². The molecule has 224 valence electrons. The molecule has 6 rings (SSSR count). The van der Waals surface area contributed by atoms with Crippen LogP contribution in [0.25, 0.3) is 20.7 Å². The standard InChI is InChI=1S/C33H28F2N4O4S/c34-23-6-1-2-7-25(23)38-33(41)30(32(36)40)22-8-9-27(24(35)17-22)43-28-10-11-37-26-18-29(44-31(26)28)21-5-3-4-20(16-21)19-39-12-14-42-15-13-39/h1-11,16-18,30H,12-15,19H2,(H2,36,40)(H,38,41). The van der Waals surface area contributed by atoms with Crippen LogP contribution >= 0.6 is 11.3 Å². The summed E-state index contributed by atoms with van der Waals surface area (Å²) in [5, 5.41) is 2.34. The van der Waals surface area contributed by atoms with E-state index in [2.05, 4.69) is 27.3 Å². The van der Waals surface area contributed by atoms with Gasteiger partial charge in [0.2, 0.25) is 11.8 Å². The number of halogens is 2. The van der Waals surface area contributed by atoms with Crippen LogP contribution in [-0.4, -0.2) is 48.0 Å². The summed E-state index contributed by atoms with van der Waals surface area (Å²) in [4.78, 5) is 32.9. The Morgan fingerprint density at radius 2 is 1.80 bits per heavy atom. The van der Waals surface area contributed by atoms with Crippen molar-refractivity contribution in [2.45, 2.75) is 12.5 Å². The quantitative estimate of drug-likeness (QED) is 0.195. The number of benzene rings is 3. The zero-order chi connectivity index (χ0) is 30.6. The SMILES string of the molecule is NC(=O)C(C(=O)Nc1ccccc1F)c1ccc(Oc2ccnc3cc(-c4cccc(CN5CCOCC5)c4)sc23)c(F)c1. The number of nitrogens with zero attached hydrogens (tertiary/aromatic N) is 2. The Kier molecular flexibility index (Phi) is 8.60. The number of nitrogens with one attached hydrogen (secondary N) is 1. The molecule has 0 saturated carbocycles. The van der Waals surface area contributed by atoms with Crippen molar-refractivity contribution in [3.8, 4) is 21.9 Å². The topological polar surface area (TPSA) is 107 Å². The predicted molar refractivity (Wildman–Crippen MR) is 165 cm³/mol. The van der Waals surface area contributed by atoms with Gasteiger partial charge in [-0.2, -0.15) is 0 Å². The van der Waals surface area contributed by atoms with Crippen LogP contribution in [0.15, 0.2) is 85.1 Å². The number of thiophene rings is 1. The smallest absolute Gasteiger partial charge is 0.241 e. The first-order valence-electron chi connectivity index (χ1n) is 14.0. The number of hydrogen-bond acceptors (Lipinski definition) is 7. The third-order valence-corrected chi connectivity index (χ3v) is 8.47. The number of anilines is 1. The highest BCUT2D eigenvalue weighted by Crippen LogP contribution is 2.40. The Labute approximate surface area is 256 Å². The highest BCUT2D eigenvalue weighted by atomic mass is 32.1. The molecular weight excluding hydrogens is 586 g/mol. The molecule has 8 nitrogen and oxygen atoms in total. The molecule has 3 aromatic carbocycles. The lowest BCUT2D eigenvalue weighted by atomic mass is 9.97. The summed E-state index contributed by atoms with van der Waals surface area (Å²) in [5.41, 5.74) is 8.32. The fraction of sp³-hybridized carbons (Fsp3) is 0.182. The van der Waals surface area contributed by atoms with E-state index in [1.165, 1.54) is 47.2 Å². The van der Waals surface area contributed by atoms with E-state index in [0.717, 1.165) is 60.1 Å². The van der Waals surface area contributed by atoms with Crippen molar-refractivity contribution in [2.24, 2.45) is 5.73 Å². The summed E-state index contributed by atoms with van der Waals surface area (Å²) in [5.74, 6) is -4.63. The number of primary amides is 1. The number of nitrogens with two attached hydrogens (primary N) is 1.